The first kappa shape index (κ1) is 12.1. The van der Waals surface area contributed by atoms with Crippen LogP contribution in [0.25, 0.3) is 0 Å². The van der Waals surface area contributed by atoms with E-state index in [-0.39, 0.29) is 12.1 Å². The summed E-state index contributed by atoms with van der Waals surface area (Å²) in [4.78, 5) is 11.9. The number of hydrogen-bond acceptors (Lipinski definition) is 3. The van der Waals surface area contributed by atoms with E-state index in [0.717, 1.165) is 17.5 Å². The Morgan fingerprint density at radius 1 is 1.47 bits per heavy atom. The lowest BCUT2D eigenvalue weighted by atomic mass is 9.93. The third-order valence-electron chi connectivity index (χ3n) is 3.17. The Kier molecular flexibility index (Phi) is 3.48. The molecule has 0 radical (unpaired) electrons. The lowest BCUT2D eigenvalue weighted by Gasteiger charge is -2.25. The summed E-state index contributed by atoms with van der Waals surface area (Å²) < 4.78 is 5.39. The summed E-state index contributed by atoms with van der Waals surface area (Å²) in [6.07, 6.45) is 0.769. The highest BCUT2D eigenvalue weighted by Crippen LogP contribution is 2.24. The number of carbonyl (C=O) groups is 1. The van der Waals surface area contributed by atoms with Crippen LogP contribution in [0.4, 0.5) is 0 Å². The fraction of sp³-hybridized carbons (Fsp3) is 0.500. The zero-order valence-electron chi connectivity index (χ0n) is 10.6. The maximum absolute atomic E-state index is 11.9. The van der Waals surface area contributed by atoms with Crippen LogP contribution in [0.1, 0.15) is 41.3 Å². The van der Waals surface area contributed by atoms with Crippen LogP contribution in [0.2, 0.25) is 0 Å². The monoisotopic (exact) mass is 233 g/mol. The molecule has 17 heavy (non-hydrogen) atoms. The molecule has 0 saturated carbocycles. The van der Waals surface area contributed by atoms with Gasteiger partial charge in [0.1, 0.15) is 6.10 Å². The van der Waals surface area contributed by atoms with Crippen molar-refractivity contribution in [2.45, 2.75) is 32.3 Å². The zero-order chi connectivity index (χ0) is 12.4. The molecule has 0 aliphatic carbocycles. The van der Waals surface area contributed by atoms with E-state index in [1.807, 2.05) is 13.1 Å². The third-order valence-corrected chi connectivity index (χ3v) is 3.17. The van der Waals surface area contributed by atoms with Crippen molar-refractivity contribution in [1.82, 2.24) is 5.32 Å². The Bertz CT molecular complexity index is 426. The SMILES string of the molecule is CNCC1Cc2ccc(C(C)C)cc2C(=O)O1. The number of hydrogen-bond donors (Lipinski definition) is 1. The molecule has 0 fully saturated rings. The molecule has 1 aliphatic rings. The molecule has 1 aromatic carbocycles. The van der Waals surface area contributed by atoms with Crippen LogP contribution >= 0.6 is 0 Å². The van der Waals surface area contributed by atoms with Gasteiger partial charge >= 0.3 is 5.97 Å². The molecule has 3 nitrogen and oxygen atoms in total. The van der Waals surface area contributed by atoms with Crippen LogP contribution in [-0.2, 0) is 11.2 Å². The van der Waals surface area contributed by atoms with Crippen LogP contribution in [0.5, 0.6) is 0 Å². The number of rotatable bonds is 3. The fourth-order valence-electron chi connectivity index (χ4n) is 2.16. The Morgan fingerprint density at radius 3 is 2.88 bits per heavy atom. The number of ether oxygens (including phenoxy) is 1. The maximum Gasteiger partial charge on any atom is 0.338 e. The molecule has 2 rings (SSSR count). The highest BCUT2D eigenvalue weighted by atomic mass is 16.5. The van der Waals surface area contributed by atoms with Gasteiger partial charge in [-0.15, -0.1) is 0 Å². The minimum Gasteiger partial charge on any atom is -0.457 e. The standard InChI is InChI=1S/C14H19NO2/c1-9(2)10-4-5-11-6-12(8-15-3)17-14(16)13(11)7-10/h4-5,7,9,12,15H,6,8H2,1-3H3. The molecular weight excluding hydrogens is 214 g/mol. The summed E-state index contributed by atoms with van der Waals surface area (Å²) in [5.74, 6) is 0.247. The van der Waals surface area contributed by atoms with Gasteiger partial charge < -0.3 is 10.1 Å². The number of likely N-dealkylation sites (N-methyl/N-ethyl adjacent to an activating group) is 1. The fourth-order valence-corrected chi connectivity index (χ4v) is 2.16. The summed E-state index contributed by atoms with van der Waals surface area (Å²) in [6.45, 7) is 4.95. The Labute approximate surface area is 102 Å². The molecule has 0 amide bonds. The molecule has 1 atom stereocenters. The number of nitrogens with one attached hydrogen (secondary N) is 1. The van der Waals surface area contributed by atoms with Crippen LogP contribution in [0.15, 0.2) is 18.2 Å². The van der Waals surface area contributed by atoms with Crippen molar-refractivity contribution in [3.63, 3.8) is 0 Å². The number of cyclic esters (lactones) is 1. The van der Waals surface area contributed by atoms with E-state index >= 15 is 0 Å². The zero-order valence-corrected chi connectivity index (χ0v) is 10.6. The van der Waals surface area contributed by atoms with Gasteiger partial charge in [-0.1, -0.05) is 26.0 Å². The van der Waals surface area contributed by atoms with E-state index in [1.165, 1.54) is 5.56 Å². The molecule has 1 N–H and O–H groups in total. The second kappa shape index (κ2) is 4.88. The minimum absolute atomic E-state index is 0.0371. The first-order valence-electron chi connectivity index (χ1n) is 6.10. The van der Waals surface area contributed by atoms with Crippen molar-refractivity contribution in [2.75, 3.05) is 13.6 Å². The summed E-state index contributed by atoms with van der Waals surface area (Å²) in [5, 5.41) is 3.04. The average Bonchev–Trinajstić information content (AvgIpc) is 2.29. The van der Waals surface area contributed by atoms with E-state index in [0.29, 0.717) is 12.5 Å². The van der Waals surface area contributed by atoms with Gasteiger partial charge in [0.2, 0.25) is 0 Å². The highest BCUT2D eigenvalue weighted by molar-refractivity contribution is 5.92. The Morgan fingerprint density at radius 2 is 2.24 bits per heavy atom. The second-order valence-corrected chi connectivity index (χ2v) is 4.86. The summed E-state index contributed by atoms with van der Waals surface area (Å²) >= 11 is 0. The molecule has 3 heteroatoms. The van der Waals surface area contributed by atoms with Gasteiger partial charge in [-0.2, -0.15) is 0 Å². The van der Waals surface area contributed by atoms with Crippen LogP contribution < -0.4 is 5.32 Å². The van der Waals surface area contributed by atoms with E-state index < -0.39 is 0 Å². The number of benzene rings is 1. The number of esters is 1. The summed E-state index contributed by atoms with van der Waals surface area (Å²) in [5.41, 5.74) is 3.03. The molecule has 1 aromatic rings. The molecule has 1 unspecified atom stereocenters. The van der Waals surface area contributed by atoms with Crippen molar-refractivity contribution in [3.8, 4) is 0 Å². The molecule has 92 valence electrons. The highest BCUT2D eigenvalue weighted by Gasteiger charge is 2.26. The van der Waals surface area contributed by atoms with Crippen molar-refractivity contribution in [1.29, 1.82) is 0 Å². The van der Waals surface area contributed by atoms with Gasteiger partial charge in [0.15, 0.2) is 0 Å². The maximum atomic E-state index is 11.9. The van der Waals surface area contributed by atoms with Gasteiger partial charge in [0.25, 0.3) is 0 Å². The van der Waals surface area contributed by atoms with Gasteiger partial charge in [0.05, 0.1) is 5.56 Å². The van der Waals surface area contributed by atoms with E-state index in [4.69, 9.17) is 4.74 Å². The normalized spacial score (nSPS) is 19.1. The molecule has 1 aliphatic heterocycles. The smallest absolute Gasteiger partial charge is 0.338 e. The van der Waals surface area contributed by atoms with Crippen molar-refractivity contribution in [2.24, 2.45) is 0 Å². The largest absolute Gasteiger partial charge is 0.457 e. The molecule has 0 saturated heterocycles. The first-order valence-corrected chi connectivity index (χ1v) is 6.10. The summed E-state index contributed by atoms with van der Waals surface area (Å²) in [7, 11) is 1.87. The van der Waals surface area contributed by atoms with E-state index in [2.05, 4.69) is 31.3 Å². The van der Waals surface area contributed by atoms with Gasteiger partial charge in [-0.05, 0) is 30.2 Å². The second-order valence-electron chi connectivity index (χ2n) is 4.86. The lowest BCUT2D eigenvalue weighted by Crippen LogP contribution is -2.35. The number of fused-ring (bicyclic) bond motifs is 1. The van der Waals surface area contributed by atoms with Gasteiger partial charge in [-0.25, -0.2) is 4.79 Å². The molecular formula is C14H19NO2. The lowest BCUT2D eigenvalue weighted by molar-refractivity contribution is 0.0263. The Balaban J connectivity index is 2.29. The Hall–Kier alpha value is -1.35. The van der Waals surface area contributed by atoms with Crippen LogP contribution in [-0.4, -0.2) is 25.7 Å². The van der Waals surface area contributed by atoms with Crippen molar-refractivity contribution >= 4 is 5.97 Å². The van der Waals surface area contributed by atoms with Gasteiger partial charge in [0, 0.05) is 13.0 Å². The van der Waals surface area contributed by atoms with Crippen LogP contribution in [0, 0.1) is 0 Å². The van der Waals surface area contributed by atoms with Gasteiger partial charge in [-0.3, -0.25) is 0 Å². The molecule has 0 bridgehead atoms. The topological polar surface area (TPSA) is 38.3 Å². The predicted molar refractivity (Wildman–Crippen MR) is 67.4 cm³/mol. The molecule has 0 aromatic heterocycles. The van der Waals surface area contributed by atoms with Crippen LogP contribution in [0.3, 0.4) is 0 Å². The van der Waals surface area contributed by atoms with Crippen molar-refractivity contribution in [3.05, 3.63) is 34.9 Å². The quantitative estimate of drug-likeness (QED) is 0.813. The van der Waals surface area contributed by atoms with E-state index in [9.17, 15) is 4.79 Å². The van der Waals surface area contributed by atoms with Crippen molar-refractivity contribution < 1.29 is 9.53 Å². The minimum atomic E-state index is -0.186. The molecule has 0 spiro atoms. The van der Waals surface area contributed by atoms with E-state index in [1.54, 1.807) is 0 Å². The number of carbonyl (C=O) groups excluding carboxylic acids is 1. The predicted octanol–water partition coefficient (Wildman–Crippen LogP) is 2.11. The average molecular weight is 233 g/mol. The first-order chi connectivity index (χ1) is 8.11. The third kappa shape index (κ3) is 2.50. The summed E-state index contributed by atoms with van der Waals surface area (Å²) in [6, 6.07) is 6.14. The molecule has 1 heterocycles.